The molecule has 0 spiro atoms. The smallest absolute Gasteiger partial charge is 0.191 e. The van der Waals surface area contributed by atoms with Crippen molar-refractivity contribution < 1.29 is 13.5 Å². The van der Waals surface area contributed by atoms with Crippen LogP contribution in [0.3, 0.4) is 0 Å². The van der Waals surface area contributed by atoms with E-state index in [4.69, 9.17) is 4.74 Å². The lowest BCUT2D eigenvalue weighted by Gasteiger charge is -2.34. The molecule has 30 heavy (non-hydrogen) atoms. The van der Waals surface area contributed by atoms with Gasteiger partial charge in [-0.25, -0.2) is 13.8 Å². The third kappa shape index (κ3) is 6.16. The van der Waals surface area contributed by atoms with E-state index in [1.807, 2.05) is 13.0 Å². The maximum atomic E-state index is 13.8. The number of anilines is 1. The van der Waals surface area contributed by atoms with Crippen molar-refractivity contribution >= 4 is 11.6 Å². The zero-order valence-electron chi connectivity index (χ0n) is 17.6. The quantitative estimate of drug-likeness (QED) is 0.532. The molecule has 3 rings (SSSR count). The fourth-order valence-electron chi connectivity index (χ4n) is 3.63. The molecule has 0 saturated carbocycles. The molecule has 0 atom stereocenters. The molecular formula is C23H30F2N4O. The predicted molar refractivity (Wildman–Crippen MR) is 117 cm³/mol. The Labute approximate surface area is 177 Å². The number of benzene rings is 2. The summed E-state index contributed by atoms with van der Waals surface area (Å²) < 4.78 is 32.3. The molecule has 1 fully saturated rings. The Morgan fingerprint density at radius 2 is 1.97 bits per heavy atom. The second kappa shape index (κ2) is 10.9. The molecule has 0 aromatic heterocycles. The molecule has 0 radical (unpaired) electrons. The van der Waals surface area contributed by atoms with E-state index >= 15 is 0 Å². The van der Waals surface area contributed by atoms with E-state index in [2.05, 4.69) is 20.5 Å². The van der Waals surface area contributed by atoms with Crippen LogP contribution in [0.2, 0.25) is 0 Å². The molecule has 0 aliphatic carbocycles. The highest BCUT2D eigenvalue weighted by Gasteiger charge is 2.20. The SMILES string of the molecule is CCNC(=NCc1ccc(F)c(COC)c1)NC1CCN(c2cccc(F)c2)CC1. The van der Waals surface area contributed by atoms with E-state index in [1.165, 1.54) is 12.1 Å². The Hall–Kier alpha value is -2.67. The Kier molecular flexibility index (Phi) is 8.02. The number of nitrogens with zero attached hydrogens (tertiary/aromatic N) is 2. The van der Waals surface area contributed by atoms with E-state index in [1.54, 1.807) is 31.4 Å². The summed E-state index contributed by atoms with van der Waals surface area (Å²) >= 11 is 0. The van der Waals surface area contributed by atoms with Crippen molar-refractivity contribution in [1.29, 1.82) is 0 Å². The third-order valence-electron chi connectivity index (χ3n) is 5.18. The van der Waals surface area contributed by atoms with Gasteiger partial charge < -0.3 is 20.3 Å². The molecule has 2 aromatic carbocycles. The molecular weight excluding hydrogens is 386 g/mol. The van der Waals surface area contributed by atoms with Crippen molar-refractivity contribution in [1.82, 2.24) is 10.6 Å². The molecule has 2 aromatic rings. The van der Waals surface area contributed by atoms with Gasteiger partial charge in [0.05, 0.1) is 13.2 Å². The maximum absolute atomic E-state index is 13.8. The summed E-state index contributed by atoms with van der Waals surface area (Å²) in [5, 5.41) is 6.78. The number of nitrogens with one attached hydrogen (secondary N) is 2. The molecule has 0 unspecified atom stereocenters. The standard InChI is InChI=1S/C23H30F2N4O/c1-3-26-23(27-15-17-7-8-22(25)18(13-17)16-30-2)28-20-9-11-29(12-10-20)21-6-4-5-19(24)14-21/h4-8,13-14,20H,3,9-12,15-16H2,1-2H3,(H2,26,27,28). The summed E-state index contributed by atoms with van der Waals surface area (Å²) in [7, 11) is 1.55. The molecule has 0 bridgehead atoms. The van der Waals surface area contributed by atoms with Gasteiger partial charge in [-0.3, -0.25) is 0 Å². The van der Waals surface area contributed by atoms with Crippen LogP contribution >= 0.6 is 0 Å². The second-order valence-electron chi connectivity index (χ2n) is 7.44. The molecule has 1 aliphatic rings. The van der Waals surface area contributed by atoms with Crippen LogP contribution in [0.4, 0.5) is 14.5 Å². The van der Waals surface area contributed by atoms with Gasteiger partial charge in [0.1, 0.15) is 11.6 Å². The first-order valence-electron chi connectivity index (χ1n) is 10.4. The number of guanidine groups is 1. The van der Waals surface area contributed by atoms with Crippen LogP contribution in [0.15, 0.2) is 47.5 Å². The topological polar surface area (TPSA) is 48.9 Å². The van der Waals surface area contributed by atoms with Crippen LogP contribution in [0.5, 0.6) is 0 Å². The Bertz CT molecular complexity index is 851. The van der Waals surface area contributed by atoms with Crippen LogP contribution in [0, 0.1) is 11.6 Å². The molecule has 5 nitrogen and oxygen atoms in total. The van der Waals surface area contributed by atoms with Gasteiger partial charge in [0.15, 0.2) is 5.96 Å². The first-order chi connectivity index (χ1) is 14.6. The lowest BCUT2D eigenvalue weighted by atomic mass is 10.0. The summed E-state index contributed by atoms with van der Waals surface area (Å²) in [6, 6.07) is 12.0. The van der Waals surface area contributed by atoms with E-state index in [-0.39, 0.29) is 18.2 Å². The highest BCUT2D eigenvalue weighted by atomic mass is 19.1. The van der Waals surface area contributed by atoms with E-state index in [9.17, 15) is 8.78 Å². The maximum Gasteiger partial charge on any atom is 0.191 e. The molecule has 1 saturated heterocycles. The van der Waals surface area contributed by atoms with E-state index in [0.29, 0.717) is 18.2 Å². The summed E-state index contributed by atoms with van der Waals surface area (Å²) in [4.78, 5) is 6.87. The van der Waals surface area contributed by atoms with Crippen molar-refractivity contribution in [3.63, 3.8) is 0 Å². The monoisotopic (exact) mass is 416 g/mol. The van der Waals surface area contributed by atoms with Crippen LogP contribution in [-0.2, 0) is 17.9 Å². The molecule has 0 amide bonds. The van der Waals surface area contributed by atoms with Gasteiger partial charge in [-0.2, -0.15) is 0 Å². The van der Waals surface area contributed by atoms with Crippen molar-refractivity contribution in [3.8, 4) is 0 Å². The van der Waals surface area contributed by atoms with Gasteiger partial charge in [-0.05, 0) is 55.7 Å². The van der Waals surface area contributed by atoms with Gasteiger partial charge in [0.25, 0.3) is 0 Å². The fourth-order valence-corrected chi connectivity index (χ4v) is 3.63. The second-order valence-corrected chi connectivity index (χ2v) is 7.44. The fraction of sp³-hybridized carbons (Fsp3) is 0.435. The van der Waals surface area contributed by atoms with Gasteiger partial charge in [-0.15, -0.1) is 0 Å². The summed E-state index contributed by atoms with van der Waals surface area (Å²) in [5.41, 5.74) is 2.40. The normalized spacial score (nSPS) is 15.3. The number of ether oxygens (including phenoxy) is 1. The van der Waals surface area contributed by atoms with Gasteiger partial charge >= 0.3 is 0 Å². The van der Waals surface area contributed by atoms with Crippen molar-refractivity contribution in [2.75, 3.05) is 31.6 Å². The minimum atomic E-state index is -0.264. The number of hydrogen-bond acceptors (Lipinski definition) is 3. The first kappa shape index (κ1) is 22.0. The zero-order chi connectivity index (χ0) is 21.3. The number of halogens is 2. The first-order valence-corrected chi connectivity index (χ1v) is 10.4. The Morgan fingerprint density at radius 3 is 2.67 bits per heavy atom. The summed E-state index contributed by atoms with van der Waals surface area (Å²) in [5.74, 6) is 0.280. The number of methoxy groups -OCH3 is 1. The molecule has 1 heterocycles. The van der Waals surface area contributed by atoms with Crippen molar-refractivity contribution in [2.45, 2.75) is 39.0 Å². The lowest BCUT2D eigenvalue weighted by molar-refractivity contribution is 0.181. The molecule has 7 heteroatoms. The number of hydrogen-bond donors (Lipinski definition) is 2. The van der Waals surface area contributed by atoms with Gasteiger partial charge in [0.2, 0.25) is 0 Å². The van der Waals surface area contributed by atoms with Crippen molar-refractivity contribution in [3.05, 3.63) is 65.2 Å². The van der Waals surface area contributed by atoms with Crippen LogP contribution < -0.4 is 15.5 Å². The highest BCUT2D eigenvalue weighted by molar-refractivity contribution is 5.80. The number of rotatable bonds is 7. The van der Waals surface area contributed by atoms with Gasteiger partial charge in [-0.1, -0.05) is 12.1 Å². The van der Waals surface area contributed by atoms with E-state index in [0.717, 1.165) is 49.7 Å². The number of aliphatic imine (C=N–C) groups is 1. The van der Waals surface area contributed by atoms with E-state index < -0.39 is 0 Å². The molecule has 1 aliphatic heterocycles. The Balaban J connectivity index is 1.57. The minimum Gasteiger partial charge on any atom is -0.380 e. The third-order valence-corrected chi connectivity index (χ3v) is 5.18. The summed E-state index contributed by atoms with van der Waals surface area (Å²) in [6.45, 7) is 5.20. The lowest BCUT2D eigenvalue weighted by Crippen LogP contribution is -2.48. The minimum absolute atomic E-state index is 0.205. The van der Waals surface area contributed by atoms with Crippen molar-refractivity contribution in [2.24, 2.45) is 4.99 Å². The van der Waals surface area contributed by atoms with Crippen LogP contribution in [0.25, 0.3) is 0 Å². The highest BCUT2D eigenvalue weighted by Crippen LogP contribution is 2.21. The van der Waals surface area contributed by atoms with Gasteiger partial charge in [0, 0.05) is 44.0 Å². The molecule has 162 valence electrons. The largest absolute Gasteiger partial charge is 0.380 e. The summed E-state index contributed by atoms with van der Waals surface area (Å²) in [6.07, 6.45) is 1.88. The molecule has 2 N–H and O–H groups in total. The van der Waals surface area contributed by atoms with Crippen LogP contribution in [-0.4, -0.2) is 38.7 Å². The predicted octanol–water partition coefficient (Wildman–Crippen LogP) is 3.84. The van der Waals surface area contributed by atoms with Crippen LogP contribution in [0.1, 0.15) is 30.9 Å². The zero-order valence-corrected chi connectivity index (χ0v) is 17.6. The average Bonchev–Trinajstić information content (AvgIpc) is 2.75. The Morgan fingerprint density at radius 1 is 1.17 bits per heavy atom. The number of piperidine rings is 1. The average molecular weight is 417 g/mol.